The van der Waals surface area contributed by atoms with Gasteiger partial charge in [-0.05, 0) is 11.5 Å². The van der Waals surface area contributed by atoms with E-state index in [0.29, 0.717) is 5.75 Å². The van der Waals surface area contributed by atoms with Crippen molar-refractivity contribution in [2.45, 2.75) is 0 Å². The molecule has 0 aliphatic rings. The fourth-order valence-corrected chi connectivity index (χ4v) is 1.41. The summed E-state index contributed by atoms with van der Waals surface area (Å²) in [7, 11) is 0. The van der Waals surface area contributed by atoms with Crippen LogP contribution in [0.5, 0.6) is 5.75 Å². The number of nitrogens with one attached hydrogen (secondary N) is 1. The van der Waals surface area contributed by atoms with E-state index in [1.165, 1.54) is 0 Å². The monoisotopic (exact) mass is 204 g/mol. The summed E-state index contributed by atoms with van der Waals surface area (Å²) in [6.07, 6.45) is -0.994. The van der Waals surface area contributed by atoms with E-state index in [0.717, 1.165) is 10.8 Å². The minimum Gasteiger partial charge on any atom is -0.410 e. The number of benzene rings is 2. The van der Waals surface area contributed by atoms with Gasteiger partial charge >= 0.3 is 6.09 Å². The van der Waals surface area contributed by atoms with Crippen LogP contribution in [0, 0.1) is 0 Å². The van der Waals surface area contributed by atoms with Crippen molar-refractivity contribution in [3.63, 3.8) is 0 Å². The topological polar surface area (TPSA) is 38.3 Å². The van der Waals surface area contributed by atoms with Crippen molar-refractivity contribution in [1.29, 1.82) is 0 Å². The highest BCUT2D eigenvalue weighted by molar-refractivity contribution is 5.90. The average molecular weight is 204 g/mol. The lowest BCUT2D eigenvalue weighted by atomic mass is 10.1. The minimum atomic E-state index is -2.55. The van der Waals surface area contributed by atoms with E-state index in [1.54, 1.807) is 23.5 Å². The molecular formula is C12H11NO2. The predicted molar refractivity (Wildman–Crippen MR) is 59.0 cm³/mol. The number of hydrogen-bond acceptors (Lipinski definition) is 2. The van der Waals surface area contributed by atoms with Gasteiger partial charge in [-0.1, -0.05) is 36.4 Å². The lowest BCUT2D eigenvalue weighted by Crippen LogP contribution is -2.22. The molecule has 2 aromatic rings. The van der Waals surface area contributed by atoms with Crippen molar-refractivity contribution < 1.29 is 13.6 Å². The van der Waals surface area contributed by atoms with E-state index in [-0.39, 0.29) is 0 Å². The number of fused-ring (bicyclic) bond motifs is 1. The Bertz CT molecular complexity index is 576. The molecule has 0 unspecified atom stereocenters. The largest absolute Gasteiger partial charge is 0.412 e. The normalized spacial score (nSPS) is 13.7. The van der Waals surface area contributed by atoms with Crippen molar-refractivity contribution >= 4 is 16.9 Å². The lowest BCUT2D eigenvalue weighted by Gasteiger charge is -2.06. The van der Waals surface area contributed by atoms with Crippen LogP contribution >= 0.6 is 0 Å². The van der Waals surface area contributed by atoms with Crippen LogP contribution in [0.1, 0.15) is 4.11 Å². The third-order valence-electron chi connectivity index (χ3n) is 2.05. The first-order valence-electron chi connectivity index (χ1n) is 5.93. The molecule has 0 heterocycles. The fourth-order valence-electron chi connectivity index (χ4n) is 1.41. The molecule has 0 aromatic heterocycles. The van der Waals surface area contributed by atoms with E-state index >= 15 is 0 Å². The van der Waals surface area contributed by atoms with Crippen molar-refractivity contribution in [3.05, 3.63) is 42.5 Å². The van der Waals surface area contributed by atoms with Gasteiger partial charge in [0.1, 0.15) is 5.75 Å². The maximum atomic E-state index is 11.4. The van der Waals surface area contributed by atoms with Crippen LogP contribution in [-0.2, 0) is 0 Å². The molecule has 0 spiro atoms. The molecule has 3 heteroatoms. The Morgan fingerprint density at radius 3 is 2.93 bits per heavy atom. The number of carbonyl (C=O) groups is 1. The molecule has 0 aliphatic heterocycles. The first kappa shape index (κ1) is 6.45. The Morgan fingerprint density at radius 1 is 1.27 bits per heavy atom. The van der Waals surface area contributed by atoms with Crippen LogP contribution in [0.15, 0.2) is 42.5 Å². The summed E-state index contributed by atoms with van der Waals surface area (Å²) in [6.45, 7) is -2.55. The number of carbonyl (C=O) groups excluding carboxylic acids is 1. The number of amides is 1. The minimum absolute atomic E-state index is 0.329. The zero-order chi connectivity index (χ0) is 13.2. The first-order valence-corrected chi connectivity index (χ1v) is 4.43. The summed E-state index contributed by atoms with van der Waals surface area (Å²) in [5.74, 6) is 0.329. The molecule has 2 rings (SSSR count). The van der Waals surface area contributed by atoms with Gasteiger partial charge in [-0.2, -0.15) is 0 Å². The Hall–Kier alpha value is -2.03. The summed E-state index contributed by atoms with van der Waals surface area (Å²) in [5, 5.41) is 3.44. The highest BCUT2D eigenvalue weighted by Crippen LogP contribution is 2.24. The van der Waals surface area contributed by atoms with Crippen LogP contribution in [0.2, 0.25) is 0 Å². The molecular weight excluding hydrogens is 190 g/mol. The Morgan fingerprint density at radius 2 is 2.07 bits per heavy atom. The summed E-state index contributed by atoms with van der Waals surface area (Å²) in [4.78, 5) is 11.4. The van der Waals surface area contributed by atoms with E-state index in [9.17, 15) is 4.79 Å². The summed E-state index contributed by atoms with van der Waals surface area (Å²) in [6, 6.07) is 12.6. The van der Waals surface area contributed by atoms with Crippen molar-refractivity contribution in [2.75, 3.05) is 6.98 Å². The van der Waals surface area contributed by atoms with Gasteiger partial charge in [0, 0.05) is 16.5 Å². The molecule has 76 valence electrons. The highest BCUT2D eigenvalue weighted by Gasteiger charge is 2.04. The molecule has 1 amide bonds. The van der Waals surface area contributed by atoms with Gasteiger partial charge in [-0.15, -0.1) is 0 Å². The average Bonchev–Trinajstić information content (AvgIpc) is 2.27. The Labute approximate surface area is 91.9 Å². The van der Waals surface area contributed by atoms with Crippen molar-refractivity contribution in [2.24, 2.45) is 0 Å². The van der Waals surface area contributed by atoms with Crippen molar-refractivity contribution in [3.8, 4) is 5.75 Å². The molecule has 0 radical (unpaired) electrons. The molecule has 0 fully saturated rings. The molecule has 2 aromatic carbocycles. The number of ether oxygens (including phenoxy) is 1. The van der Waals surface area contributed by atoms with Gasteiger partial charge in [0.2, 0.25) is 0 Å². The smallest absolute Gasteiger partial charge is 0.410 e. The zero-order valence-electron chi connectivity index (χ0n) is 10.9. The molecule has 0 aliphatic carbocycles. The molecule has 0 atom stereocenters. The zero-order valence-corrected chi connectivity index (χ0v) is 7.86. The second-order valence-corrected chi connectivity index (χ2v) is 2.99. The summed E-state index contributed by atoms with van der Waals surface area (Å²) < 4.78 is 25.7. The summed E-state index contributed by atoms with van der Waals surface area (Å²) >= 11 is 0. The quantitative estimate of drug-likeness (QED) is 0.775. The predicted octanol–water partition coefficient (Wildman–Crippen LogP) is 2.56. The van der Waals surface area contributed by atoms with E-state index in [1.807, 2.05) is 24.3 Å². The molecule has 0 saturated heterocycles. The van der Waals surface area contributed by atoms with Gasteiger partial charge in [0.05, 0.1) is 0 Å². The molecule has 1 N–H and O–H groups in total. The van der Waals surface area contributed by atoms with Crippen LogP contribution in [-0.4, -0.2) is 13.1 Å². The molecule has 0 saturated carbocycles. The van der Waals surface area contributed by atoms with Crippen molar-refractivity contribution in [1.82, 2.24) is 5.32 Å². The second-order valence-electron chi connectivity index (χ2n) is 2.99. The third-order valence-corrected chi connectivity index (χ3v) is 2.05. The second kappa shape index (κ2) is 4.00. The van der Waals surface area contributed by atoms with Gasteiger partial charge in [0.25, 0.3) is 0 Å². The van der Waals surface area contributed by atoms with Crippen LogP contribution in [0.3, 0.4) is 0 Å². The van der Waals surface area contributed by atoms with Gasteiger partial charge < -0.3 is 10.1 Å². The Balaban J connectivity index is 2.24. The van der Waals surface area contributed by atoms with Gasteiger partial charge in [-0.25, -0.2) is 4.79 Å². The van der Waals surface area contributed by atoms with Gasteiger partial charge in [-0.3, -0.25) is 0 Å². The number of rotatable bonds is 1. The molecule has 3 nitrogen and oxygen atoms in total. The van der Waals surface area contributed by atoms with E-state index < -0.39 is 13.1 Å². The standard InChI is InChI=1S/C12H11NO2/c1-13-12(14)15-11-8-4-6-9-5-2-3-7-10(9)11/h2-8H,1H3,(H,13,14)/i1D3. The van der Waals surface area contributed by atoms with E-state index in [4.69, 9.17) is 8.85 Å². The Kier molecular flexibility index (Phi) is 1.72. The third kappa shape index (κ3) is 1.91. The molecule has 15 heavy (non-hydrogen) atoms. The number of hydrogen-bond donors (Lipinski definition) is 1. The molecule has 0 bridgehead atoms. The highest BCUT2D eigenvalue weighted by atomic mass is 16.6. The maximum Gasteiger partial charge on any atom is 0.412 e. The van der Waals surface area contributed by atoms with Crippen LogP contribution in [0.4, 0.5) is 4.79 Å². The van der Waals surface area contributed by atoms with Gasteiger partial charge in [0.15, 0.2) is 0 Å². The summed E-state index contributed by atoms with van der Waals surface area (Å²) in [5.41, 5.74) is 0. The maximum absolute atomic E-state index is 11.4. The van der Waals surface area contributed by atoms with E-state index in [2.05, 4.69) is 0 Å². The first-order chi connectivity index (χ1) is 8.46. The lowest BCUT2D eigenvalue weighted by molar-refractivity contribution is 0.203. The van der Waals surface area contributed by atoms with Crippen LogP contribution in [0.25, 0.3) is 10.8 Å². The van der Waals surface area contributed by atoms with Crippen LogP contribution < -0.4 is 10.1 Å². The SMILES string of the molecule is [2H]C([2H])([2H])NC(=O)Oc1cccc2ccccc12. The fraction of sp³-hybridized carbons (Fsp3) is 0.0833.